The van der Waals surface area contributed by atoms with Crippen molar-refractivity contribution in [2.24, 2.45) is 0 Å². The smallest absolute Gasteiger partial charge is 0.138 e. The predicted octanol–water partition coefficient (Wildman–Crippen LogP) is -0.214. The molecule has 0 radical (unpaired) electrons. The number of carboxylic acids is 1. The van der Waals surface area contributed by atoms with Gasteiger partial charge in [0.1, 0.15) is 12.1 Å². The molecule has 1 aromatic carbocycles. The highest BCUT2D eigenvalue weighted by Gasteiger charge is 2.09. The zero-order valence-corrected chi connectivity index (χ0v) is 9.75. The van der Waals surface area contributed by atoms with E-state index in [1.165, 1.54) is 12.4 Å². The highest BCUT2D eigenvalue weighted by molar-refractivity contribution is 6.06. The Morgan fingerprint density at radius 3 is 2.94 bits per heavy atom. The topological polar surface area (TPSA) is 98.2 Å². The fraction of sp³-hybridized carbons (Fsp3) is 0.250. The number of aliphatic hydroxyl groups is 1. The molecule has 1 heterocycles. The van der Waals surface area contributed by atoms with Crippen LogP contribution in [0.1, 0.15) is 17.3 Å². The number of fused-ring (bicyclic) bond motifs is 1. The molecule has 0 saturated heterocycles. The van der Waals surface area contributed by atoms with Crippen LogP contribution in [-0.2, 0) is 0 Å². The van der Waals surface area contributed by atoms with Crippen LogP contribution in [0.5, 0.6) is 0 Å². The molecule has 94 valence electrons. The van der Waals surface area contributed by atoms with Crippen molar-refractivity contribution in [1.82, 2.24) is 9.97 Å². The molecule has 0 unspecified atom stereocenters. The number of aromatic nitrogens is 2. The third kappa shape index (κ3) is 2.38. The lowest BCUT2D eigenvalue weighted by atomic mass is 10.1. The number of carbonyl (C=O) groups is 1. The SMILES string of the molecule is C[C@H](O)CNc1ncnc2cccc(C(=O)[O-])c12. The van der Waals surface area contributed by atoms with Gasteiger partial charge < -0.3 is 20.3 Å². The molecule has 1 aromatic heterocycles. The molecule has 18 heavy (non-hydrogen) atoms. The summed E-state index contributed by atoms with van der Waals surface area (Å²) in [4.78, 5) is 19.1. The van der Waals surface area contributed by atoms with E-state index in [2.05, 4.69) is 15.3 Å². The van der Waals surface area contributed by atoms with E-state index in [0.717, 1.165) is 0 Å². The van der Waals surface area contributed by atoms with Gasteiger partial charge in [0.2, 0.25) is 0 Å². The minimum absolute atomic E-state index is 0.0289. The van der Waals surface area contributed by atoms with Gasteiger partial charge in [-0.05, 0) is 13.0 Å². The second-order valence-electron chi connectivity index (χ2n) is 3.94. The van der Waals surface area contributed by atoms with Crippen LogP contribution in [-0.4, -0.2) is 33.7 Å². The van der Waals surface area contributed by atoms with Crippen molar-refractivity contribution in [3.63, 3.8) is 0 Å². The summed E-state index contributed by atoms with van der Waals surface area (Å²) in [5, 5.41) is 23.6. The maximum absolute atomic E-state index is 11.1. The van der Waals surface area contributed by atoms with Crippen molar-refractivity contribution in [3.8, 4) is 0 Å². The molecule has 1 atom stereocenters. The van der Waals surface area contributed by atoms with Crippen LogP contribution in [0.2, 0.25) is 0 Å². The number of carbonyl (C=O) groups excluding carboxylic acids is 1. The third-order valence-corrected chi connectivity index (χ3v) is 2.45. The molecule has 0 aliphatic rings. The van der Waals surface area contributed by atoms with Crippen LogP contribution >= 0.6 is 0 Å². The fourth-order valence-electron chi connectivity index (χ4n) is 1.66. The molecule has 0 bridgehead atoms. The van der Waals surface area contributed by atoms with Crippen LogP contribution in [0, 0.1) is 0 Å². The van der Waals surface area contributed by atoms with Crippen LogP contribution < -0.4 is 10.4 Å². The van der Waals surface area contributed by atoms with Gasteiger partial charge in [0.05, 0.1) is 23.0 Å². The second kappa shape index (κ2) is 4.97. The standard InChI is InChI=1S/C12H13N3O3/c1-7(16)5-13-11-10-8(12(17)18)3-2-4-9(10)14-6-15-11/h2-4,6-7,16H,5H2,1H3,(H,17,18)(H,13,14,15)/p-1/t7-/m0/s1. The van der Waals surface area contributed by atoms with E-state index in [9.17, 15) is 15.0 Å². The van der Waals surface area contributed by atoms with E-state index in [0.29, 0.717) is 16.7 Å². The quantitative estimate of drug-likeness (QED) is 0.774. The first kappa shape index (κ1) is 12.3. The Balaban J connectivity index is 2.55. The van der Waals surface area contributed by atoms with Crippen molar-refractivity contribution < 1.29 is 15.0 Å². The molecule has 2 rings (SSSR count). The molecule has 6 heteroatoms. The maximum Gasteiger partial charge on any atom is 0.138 e. The molecule has 0 aliphatic heterocycles. The Hall–Kier alpha value is -2.21. The maximum atomic E-state index is 11.1. The number of rotatable bonds is 4. The molecule has 0 spiro atoms. The molecule has 2 N–H and O–H groups in total. The van der Waals surface area contributed by atoms with Crippen LogP contribution in [0.4, 0.5) is 5.82 Å². The van der Waals surface area contributed by atoms with E-state index in [-0.39, 0.29) is 12.1 Å². The van der Waals surface area contributed by atoms with E-state index in [1.807, 2.05) is 0 Å². The van der Waals surface area contributed by atoms with Gasteiger partial charge in [-0.1, -0.05) is 12.1 Å². The van der Waals surface area contributed by atoms with Crippen LogP contribution in [0.15, 0.2) is 24.5 Å². The lowest BCUT2D eigenvalue weighted by Crippen LogP contribution is -2.23. The van der Waals surface area contributed by atoms with Gasteiger partial charge in [0, 0.05) is 12.1 Å². The number of nitrogens with one attached hydrogen (secondary N) is 1. The molecule has 0 amide bonds. The zero-order valence-electron chi connectivity index (χ0n) is 9.75. The second-order valence-corrected chi connectivity index (χ2v) is 3.94. The van der Waals surface area contributed by atoms with Gasteiger partial charge in [-0.3, -0.25) is 0 Å². The number of aliphatic hydroxyl groups excluding tert-OH is 1. The summed E-state index contributed by atoms with van der Waals surface area (Å²) in [5.41, 5.74) is 0.543. The fourth-order valence-corrected chi connectivity index (χ4v) is 1.66. The number of benzene rings is 1. The summed E-state index contributed by atoms with van der Waals surface area (Å²) in [5.74, 6) is -0.906. The van der Waals surface area contributed by atoms with Gasteiger partial charge in [-0.2, -0.15) is 0 Å². The third-order valence-electron chi connectivity index (χ3n) is 2.45. The first-order valence-corrected chi connectivity index (χ1v) is 5.46. The van der Waals surface area contributed by atoms with E-state index in [1.54, 1.807) is 19.1 Å². The summed E-state index contributed by atoms with van der Waals surface area (Å²) < 4.78 is 0. The highest BCUT2D eigenvalue weighted by Crippen LogP contribution is 2.23. The first-order chi connectivity index (χ1) is 8.59. The van der Waals surface area contributed by atoms with Gasteiger partial charge >= 0.3 is 0 Å². The average Bonchev–Trinajstić information content (AvgIpc) is 2.35. The Kier molecular flexibility index (Phi) is 3.38. The molecular weight excluding hydrogens is 234 g/mol. The summed E-state index contributed by atoms with van der Waals surface area (Å²) in [6, 6.07) is 4.73. The first-order valence-electron chi connectivity index (χ1n) is 5.46. The van der Waals surface area contributed by atoms with E-state index in [4.69, 9.17) is 0 Å². The monoisotopic (exact) mass is 246 g/mol. The molecule has 2 aromatic rings. The van der Waals surface area contributed by atoms with Gasteiger partial charge in [0.15, 0.2) is 0 Å². The Bertz CT molecular complexity index is 579. The van der Waals surface area contributed by atoms with Crippen molar-refractivity contribution in [1.29, 1.82) is 0 Å². The molecule has 0 aliphatic carbocycles. The summed E-state index contributed by atoms with van der Waals surface area (Å²) in [6.07, 6.45) is 0.774. The Morgan fingerprint density at radius 2 is 2.28 bits per heavy atom. The van der Waals surface area contributed by atoms with E-state index < -0.39 is 12.1 Å². The summed E-state index contributed by atoms with van der Waals surface area (Å²) in [6.45, 7) is 1.89. The number of nitrogens with zero attached hydrogens (tertiary/aromatic N) is 2. The number of carboxylic acid groups (broad SMARTS) is 1. The number of hydrogen-bond acceptors (Lipinski definition) is 6. The molecule has 0 saturated carbocycles. The summed E-state index contributed by atoms with van der Waals surface area (Å²) in [7, 11) is 0. The van der Waals surface area contributed by atoms with Gasteiger partial charge in [-0.25, -0.2) is 9.97 Å². The molecule has 0 fully saturated rings. The zero-order chi connectivity index (χ0) is 13.1. The van der Waals surface area contributed by atoms with Crippen LogP contribution in [0.25, 0.3) is 10.9 Å². The molecule has 6 nitrogen and oxygen atoms in total. The largest absolute Gasteiger partial charge is 0.545 e. The minimum Gasteiger partial charge on any atom is -0.545 e. The number of hydrogen-bond donors (Lipinski definition) is 2. The normalized spacial score (nSPS) is 12.3. The lowest BCUT2D eigenvalue weighted by Gasteiger charge is -2.13. The Morgan fingerprint density at radius 1 is 1.50 bits per heavy atom. The Labute approximate surface area is 103 Å². The number of anilines is 1. The van der Waals surface area contributed by atoms with Crippen molar-refractivity contribution in [2.45, 2.75) is 13.0 Å². The van der Waals surface area contributed by atoms with Gasteiger partial charge in [0.25, 0.3) is 0 Å². The highest BCUT2D eigenvalue weighted by atomic mass is 16.4. The lowest BCUT2D eigenvalue weighted by molar-refractivity contribution is -0.254. The van der Waals surface area contributed by atoms with Crippen molar-refractivity contribution in [2.75, 3.05) is 11.9 Å². The minimum atomic E-state index is -1.28. The predicted molar refractivity (Wildman–Crippen MR) is 64.0 cm³/mol. The molecular formula is C12H12N3O3-. The van der Waals surface area contributed by atoms with Gasteiger partial charge in [-0.15, -0.1) is 0 Å². The summed E-state index contributed by atoms with van der Waals surface area (Å²) >= 11 is 0. The average molecular weight is 246 g/mol. The van der Waals surface area contributed by atoms with E-state index >= 15 is 0 Å². The number of aromatic carboxylic acids is 1. The van der Waals surface area contributed by atoms with Crippen molar-refractivity contribution in [3.05, 3.63) is 30.1 Å². The van der Waals surface area contributed by atoms with Crippen molar-refractivity contribution >= 4 is 22.7 Å². The van der Waals surface area contributed by atoms with Crippen LogP contribution in [0.3, 0.4) is 0 Å².